The van der Waals surface area contributed by atoms with Crippen LogP contribution < -0.4 is 5.43 Å². The first-order valence-corrected chi connectivity index (χ1v) is 9.69. The minimum atomic E-state index is -1.17. The van der Waals surface area contributed by atoms with E-state index in [9.17, 15) is 9.90 Å². The summed E-state index contributed by atoms with van der Waals surface area (Å²) >= 11 is 0. The van der Waals surface area contributed by atoms with Crippen LogP contribution in [-0.2, 0) is 4.79 Å². The molecule has 4 fully saturated rings. The lowest BCUT2D eigenvalue weighted by Crippen LogP contribution is -2.50. The van der Waals surface area contributed by atoms with Crippen molar-refractivity contribution in [1.29, 1.82) is 0 Å². The van der Waals surface area contributed by atoms with Crippen LogP contribution in [0.2, 0.25) is 0 Å². The largest absolute Gasteiger partial charge is 0.378 e. The molecule has 4 nitrogen and oxygen atoms in total. The first kappa shape index (κ1) is 16.8. The zero-order valence-corrected chi connectivity index (χ0v) is 14.9. The molecule has 0 unspecified atom stereocenters. The fraction of sp³-hybridized carbons (Fsp3) is 0.619. The Morgan fingerprint density at radius 3 is 2.24 bits per heavy atom. The minimum Gasteiger partial charge on any atom is -0.378 e. The third-order valence-electron chi connectivity index (χ3n) is 6.65. The lowest BCUT2D eigenvalue weighted by atomic mass is 9.48. The first-order valence-electron chi connectivity index (χ1n) is 9.69. The molecule has 4 bridgehead atoms. The quantitative estimate of drug-likeness (QED) is 0.632. The number of nitrogens with one attached hydrogen (secondary N) is 1. The van der Waals surface area contributed by atoms with Gasteiger partial charge in [-0.1, -0.05) is 37.3 Å². The Balaban J connectivity index is 1.49. The van der Waals surface area contributed by atoms with Crippen LogP contribution in [0.15, 0.2) is 35.4 Å². The van der Waals surface area contributed by atoms with Crippen LogP contribution in [-0.4, -0.2) is 16.7 Å². The Hall–Kier alpha value is -1.68. The summed E-state index contributed by atoms with van der Waals surface area (Å²) in [5, 5.41) is 14.8. The minimum absolute atomic E-state index is 0.203. The average molecular weight is 340 g/mol. The van der Waals surface area contributed by atoms with Gasteiger partial charge in [0, 0.05) is 11.1 Å². The van der Waals surface area contributed by atoms with Crippen LogP contribution in [0, 0.1) is 23.2 Å². The smallest absolute Gasteiger partial charge is 0.273 e. The topological polar surface area (TPSA) is 61.7 Å². The number of aliphatic hydroxyl groups excluding tert-OH is 1. The van der Waals surface area contributed by atoms with Gasteiger partial charge in [-0.2, -0.15) is 5.10 Å². The number of hydrazone groups is 1. The molecule has 0 aromatic heterocycles. The van der Waals surface area contributed by atoms with Gasteiger partial charge in [-0.05, 0) is 68.3 Å². The van der Waals surface area contributed by atoms with E-state index in [1.807, 2.05) is 18.2 Å². The fourth-order valence-corrected chi connectivity index (χ4v) is 6.01. The van der Waals surface area contributed by atoms with Gasteiger partial charge >= 0.3 is 0 Å². The van der Waals surface area contributed by atoms with E-state index >= 15 is 0 Å². The standard InChI is InChI=1S/C21H28N2O2/c1-2-18(21-11-14-8-15(12-21)10-16(9-14)13-21)22-23-20(25)19(24)17-6-4-3-5-7-17/h3-7,14-16,19,24H,2,8-13H2,1H3,(H,23,25)/b22-18+/t14?,15?,16?,19-,21?/m1/s1. The highest BCUT2D eigenvalue weighted by molar-refractivity contribution is 5.92. The van der Waals surface area contributed by atoms with Crippen molar-refractivity contribution in [2.75, 3.05) is 0 Å². The van der Waals surface area contributed by atoms with Crippen molar-refractivity contribution < 1.29 is 9.90 Å². The molecule has 0 radical (unpaired) electrons. The summed E-state index contributed by atoms with van der Waals surface area (Å²) in [6, 6.07) is 9.03. The molecule has 1 atom stereocenters. The van der Waals surface area contributed by atoms with Crippen molar-refractivity contribution in [2.24, 2.45) is 28.3 Å². The molecule has 134 valence electrons. The number of benzene rings is 1. The highest BCUT2D eigenvalue weighted by atomic mass is 16.3. The van der Waals surface area contributed by atoms with E-state index in [-0.39, 0.29) is 5.41 Å². The number of hydrogen-bond acceptors (Lipinski definition) is 3. The second-order valence-electron chi connectivity index (χ2n) is 8.40. The molecule has 0 aliphatic heterocycles. The van der Waals surface area contributed by atoms with Crippen LogP contribution in [0.4, 0.5) is 0 Å². The highest BCUT2D eigenvalue weighted by Crippen LogP contribution is 2.60. The van der Waals surface area contributed by atoms with Crippen molar-refractivity contribution in [3.05, 3.63) is 35.9 Å². The van der Waals surface area contributed by atoms with Crippen molar-refractivity contribution in [2.45, 2.75) is 58.0 Å². The van der Waals surface area contributed by atoms with E-state index in [1.54, 1.807) is 12.1 Å². The van der Waals surface area contributed by atoms with Crippen LogP contribution in [0.5, 0.6) is 0 Å². The Kier molecular flexibility index (Phi) is 4.40. The normalized spacial score (nSPS) is 34.8. The van der Waals surface area contributed by atoms with Gasteiger partial charge < -0.3 is 5.11 Å². The summed E-state index contributed by atoms with van der Waals surface area (Å²) in [5.41, 5.74) is 4.60. The second kappa shape index (κ2) is 6.56. The van der Waals surface area contributed by atoms with Gasteiger partial charge in [-0.25, -0.2) is 5.43 Å². The molecule has 25 heavy (non-hydrogen) atoms. The van der Waals surface area contributed by atoms with Gasteiger partial charge in [-0.15, -0.1) is 0 Å². The van der Waals surface area contributed by atoms with Crippen molar-refractivity contribution >= 4 is 11.6 Å². The van der Waals surface area contributed by atoms with E-state index in [2.05, 4.69) is 17.5 Å². The number of carbonyl (C=O) groups is 1. The number of hydrogen-bond donors (Lipinski definition) is 2. The number of amides is 1. The SMILES string of the molecule is CC/C(=N\NC(=O)[C@H](O)c1ccccc1)C12CC3CC(CC(C3)C1)C2. The van der Waals surface area contributed by atoms with Gasteiger partial charge in [0.05, 0.1) is 0 Å². The molecular weight excluding hydrogens is 312 g/mol. The molecule has 0 spiro atoms. The maximum Gasteiger partial charge on any atom is 0.273 e. The van der Waals surface area contributed by atoms with E-state index < -0.39 is 12.0 Å². The van der Waals surface area contributed by atoms with Crippen LogP contribution >= 0.6 is 0 Å². The van der Waals surface area contributed by atoms with Gasteiger partial charge in [0.15, 0.2) is 6.10 Å². The van der Waals surface area contributed by atoms with Gasteiger partial charge in [0.1, 0.15) is 0 Å². The average Bonchev–Trinajstić information content (AvgIpc) is 2.61. The number of nitrogens with zero attached hydrogens (tertiary/aromatic N) is 1. The van der Waals surface area contributed by atoms with Gasteiger partial charge in [0.2, 0.25) is 0 Å². The molecule has 1 aromatic rings. The molecule has 1 aromatic carbocycles. The lowest BCUT2D eigenvalue weighted by molar-refractivity contribution is -0.129. The maximum absolute atomic E-state index is 12.3. The summed E-state index contributed by atoms with van der Waals surface area (Å²) < 4.78 is 0. The fourth-order valence-electron chi connectivity index (χ4n) is 6.01. The predicted molar refractivity (Wildman–Crippen MR) is 97.9 cm³/mol. The second-order valence-corrected chi connectivity index (χ2v) is 8.40. The van der Waals surface area contributed by atoms with Crippen LogP contribution in [0.3, 0.4) is 0 Å². The number of aliphatic hydroxyl groups is 1. The molecule has 2 N–H and O–H groups in total. The zero-order chi connectivity index (χ0) is 17.4. The number of rotatable bonds is 5. The molecule has 4 aliphatic carbocycles. The predicted octanol–water partition coefficient (Wildman–Crippen LogP) is 3.82. The summed E-state index contributed by atoms with van der Waals surface area (Å²) in [4.78, 5) is 12.3. The summed E-state index contributed by atoms with van der Waals surface area (Å²) in [7, 11) is 0. The third kappa shape index (κ3) is 3.12. The molecule has 4 saturated carbocycles. The van der Waals surface area contributed by atoms with E-state index in [0.29, 0.717) is 5.56 Å². The summed E-state index contributed by atoms with van der Waals surface area (Å²) in [5.74, 6) is 2.12. The Morgan fingerprint density at radius 2 is 1.72 bits per heavy atom. The molecular formula is C21H28N2O2. The molecule has 4 heteroatoms. The molecule has 5 rings (SSSR count). The first-order chi connectivity index (χ1) is 12.1. The molecule has 0 heterocycles. The maximum atomic E-state index is 12.3. The summed E-state index contributed by atoms with van der Waals surface area (Å²) in [6.07, 6.45) is 7.61. The van der Waals surface area contributed by atoms with E-state index in [1.165, 1.54) is 38.5 Å². The van der Waals surface area contributed by atoms with Gasteiger partial charge in [0.25, 0.3) is 5.91 Å². The Bertz CT molecular complexity index is 632. The lowest BCUT2D eigenvalue weighted by Gasteiger charge is -2.57. The van der Waals surface area contributed by atoms with Crippen molar-refractivity contribution in [3.63, 3.8) is 0 Å². The number of carbonyl (C=O) groups excluding carboxylic acids is 1. The van der Waals surface area contributed by atoms with Gasteiger partial charge in [-0.3, -0.25) is 4.79 Å². The van der Waals surface area contributed by atoms with E-state index in [4.69, 9.17) is 0 Å². The summed E-state index contributed by atoms with van der Waals surface area (Å²) in [6.45, 7) is 2.14. The van der Waals surface area contributed by atoms with Crippen molar-refractivity contribution in [1.82, 2.24) is 5.43 Å². The molecule has 4 aliphatic rings. The zero-order valence-electron chi connectivity index (χ0n) is 14.9. The third-order valence-corrected chi connectivity index (χ3v) is 6.65. The monoisotopic (exact) mass is 340 g/mol. The van der Waals surface area contributed by atoms with Crippen molar-refractivity contribution in [3.8, 4) is 0 Å². The highest BCUT2D eigenvalue weighted by Gasteiger charge is 2.52. The molecule has 0 saturated heterocycles. The molecule has 1 amide bonds. The Labute approximate surface area is 149 Å². The van der Waals surface area contributed by atoms with Crippen LogP contribution in [0.1, 0.15) is 63.5 Å². The Morgan fingerprint density at radius 1 is 1.16 bits per heavy atom. The van der Waals surface area contributed by atoms with E-state index in [0.717, 1.165) is 29.9 Å². The van der Waals surface area contributed by atoms with Crippen LogP contribution in [0.25, 0.3) is 0 Å².